The summed E-state index contributed by atoms with van der Waals surface area (Å²) >= 11 is 0. The third kappa shape index (κ3) is 2.24. The highest BCUT2D eigenvalue weighted by molar-refractivity contribution is 5.73. The standard InChI is InChI=1S/C18H22F2O2/c1-17(2)12-6-7-18(17,3)15(9-12)22-16(21)8-11-4-5-13(19)10-14(11)20/h4-5,10,12,15H,6-9H2,1-3H3/t12-,15-,18+/m0/s1. The molecule has 2 fully saturated rings. The number of carbonyl (C=O) groups is 1. The number of halogens is 2. The fraction of sp³-hybridized carbons (Fsp3) is 0.611. The van der Waals surface area contributed by atoms with Gasteiger partial charge in [-0.2, -0.15) is 0 Å². The molecular formula is C18H22F2O2. The van der Waals surface area contributed by atoms with E-state index >= 15 is 0 Å². The second-order valence-corrected chi connectivity index (χ2v) is 7.50. The molecule has 0 aromatic heterocycles. The van der Waals surface area contributed by atoms with E-state index in [1.807, 2.05) is 0 Å². The molecule has 2 nitrogen and oxygen atoms in total. The van der Waals surface area contributed by atoms with E-state index in [1.165, 1.54) is 12.5 Å². The summed E-state index contributed by atoms with van der Waals surface area (Å²) < 4.78 is 32.2. The molecule has 2 saturated carbocycles. The highest BCUT2D eigenvalue weighted by Crippen LogP contribution is 2.66. The number of fused-ring (bicyclic) bond motifs is 2. The van der Waals surface area contributed by atoms with Crippen molar-refractivity contribution in [3.8, 4) is 0 Å². The average molecular weight is 308 g/mol. The Hall–Kier alpha value is -1.45. The van der Waals surface area contributed by atoms with Crippen LogP contribution in [0.3, 0.4) is 0 Å². The maximum absolute atomic E-state index is 13.6. The van der Waals surface area contributed by atoms with Gasteiger partial charge in [0, 0.05) is 11.5 Å². The fourth-order valence-corrected chi connectivity index (χ4v) is 4.33. The van der Waals surface area contributed by atoms with Gasteiger partial charge in [-0.25, -0.2) is 8.78 Å². The lowest BCUT2D eigenvalue weighted by molar-refractivity contribution is -0.156. The van der Waals surface area contributed by atoms with E-state index in [1.54, 1.807) is 0 Å². The molecule has 4 heteroatoms. The van der Waals surface area contributed by atoms with Crippen LogP contribution in [0.1, 0.15) is 45.6 Å². The summed E-state index contributed by atoms with van der Waals surface area (Å²) in [6, 6.07) is 3.26. The molecule has 0 amide bonds. The molecule has 0 N–H and O–H groups in total. The lowest BCUT2D eigenvalue weighted by Crippen LogP contribution is -2.38. The van der Waals surface area contributed by atoms with E-state index in [-0.39, 0.29) is 28.9 Å². The molecule has 1 aromatic carbocycles. The quantitative estimate of drug-likeness (QED) is 0.780. The largest absolute Gasteiger partial charge is 0.462 e. The van der Waals surface area contributed by atoms with Gasteiger partial charge in [-0.05, 0) is 42.2 Å². The SMILES string of the molecule is CC1(C)[C@H]2CC[C@]1(C)[C@@H](OC(=O)Cc1ccc(F)cc1F)C2. The lowest BCUT2D eigenvalue weighted by atomic mass is 9.70. The van der Waals surface area contributed by atoms with Crippen molar-refractivity contribution in [3.05, 3.63) is 35.4 Å². The van der Waals surface area contributed by atoms with Crippen molar-refractivity contribution in [3.63, 3.8) is 0 Å². The first kappa shape index (κ1) is 15.4. The normalized spacial score (nSPS) is 32.2. The molecule has 3 atom stereocenters. The molecule has 1 aromatic rings. The zero-order valence-electron chi connectivity index (χ0n) is 13.3. The predicted octanol–water partition coefficient (Wildman–Crippen LogP) is 4.27. The molecule has 2 bridgehead atoms. The summed E-state index contributed by atoms with van der Waals surface area (Å²) in [6.07, 6.45) is 2.89. The van der Waals surface area contributed by atoms with Crippen LogP contribution >= 0.6 is 0 Å². The smallest absolute Gasteiger partial charge is 0.310 e. The van der Waals surface area contributed by atoms with Gasteiger partial charge >= 0.3 is 5.97 Å². The van der Waals surface area contributed by atoms with Crippen molar-refractivity contribution in [2.24, 2.45) is 16.7 Å². The van der Waals surface area contributed by atoms with Crippen LogP contribution in [0.2, 0.25) is 0 Å². The lowest BCUT2D eigenvalue weighted by Gasteiger charge is -2.38. The Morgan fingerprint density at radius 1 is 1.32 bits per heavy atom. The van der Waals surface area contributed by atoms with Crippen LogP contribution in [-0.2, 0) is 16.0 Å². The van der Waals surface area contributed by atoms with Gasteiger partial charge in [0.05, 0.1) is 6.42 Å². The van der Waals surface area contributed by atoms with Crippen LogP contribution in [0, 0.1) is 28.4 Å². The number of benzene rings is 1. The third-order valence-electron chi connectivity index (χ3n) is 6.34. The van der Waals surface area contributed by atoms with Gasteiger partial charge in [-0.1, -0.05) is 26.8 Å². The van der Waals surface area contributed by atoms with Crippen LogP contribution in [0.4, 0.5) is 8.78 Å². The first-order valence-electron chi connectivity index (χ1n) is 7.87. The molecule has 0 spiro atoms. The molecule has 2 aliphatic carbocycles. The summed E-state index contributed by atoms with van der Waals surface area (Å²) in [5, 5.41) is 0. The van der Waals surface area contributed by atoms with Gasteiger partial charge in [-0.3, -0.25) is 4.79 Å². The van der Waals surface area contributed by atoms with Crippen molar-refractivity contribution >= 4 is 5.97 Å². The summed E-state index contributed by atoms with van der Waals surface area (Å²) in [7, 11) is 0. The molecular weight excluding hydrogens is 286 g/mol. The molecule has 0 saturated heterocycles. The van der Waals surface area contributed by atoms with Crippen LogP contribution in [0.15, 0.2) is 18.2 Å². The summed E-state index contributed by atoms with van der Waals surface area (Å²) in [6.45, 7) is 6.69. The number of esters is 1. The molecule has 0 unspecified atom stereocenters. The molecule has 3 rings (SSSR count). The molecule has 2 aliphatic rings. The van der Waals surface area contributed by atoms with E-state index in [4.69, 9.17) is 4.74 Å². The molecule has 22 heavy (non-hydrogen) atoms. The van der Waals surface area contributed by atoms with E-state index in [2.05, 4.69) is 20.8 Å². The van der Waals surface area contributed by atoms with Crippen molar-refractivity contribution in [1.29, 1.82) is 0 Å². The van der Waals surface area contributed by atoms with Crippen LogP contribution < -0.4 is 0 Å². The Kier molecular flexibility index (Phi) is 3.54. The minimum atomic E-state index is -0.698. The van der Waals surface area contributed by atoms with Crippen LogP contribution in [-0.4, -0.2) is 12.1 Å². The second-order valence-electron chi connectivity index (χ2n) is 7.50. The van der Waals surface area contributed by atoms with Gasteiger partial charge in [0.15, 0.2) is 0 Å². The Bertz CT molecular complexity index is 611. The Morgan fingerprint density at radius 3 is 2.59 bits per heavy atom. The third-order valence-corrected chi connectivity index (χ3v) is 6.34. The number of hydrogen-bond donors (Lipinski definition) is 0. The fourth-order valence-electron chi connectivity index (χ4n) is 4.33. The highest BCUT2D eigenvalue weighted by atomic mass is 19.1. The van der Waals surface area contributed by atoms with E-state index < -0.39 is 17.6 Å². The minimum absolute atomic E-state index is 0.00529. The Labute approximate surface area is 129 Å². The van der Waals surface area contributed by atoms with Crippen molar-refractivity contribution in [2.45, 2.75) is 52.6 Å². The average Bonchev–Trinajstić information content (AvgIpc) is 2.75. The minimum Gasteiger partial charge on any atom is -0.462 e. The molecule has 0 heterocycles. The van der Waals surface area contributed by atoms with Gasteiger partial charge in [0.2, 0.25) is 0 Å². The first-order chi connectivity index (χ1) is 10.2. The second kappa shape index (κ2) is 5.04. The van der Waals surface area contributed by atoms with E-state index in [0.29, 0.717) is 5.92 Å². The zero-order valence-corrected chi connectivity index (χ0v) is 13.3. The van der Waals surface area contributed by atoms with Gasteiger partial charge < -0.3 is 4.74 Å². The molecule has 120 valence electrons. The maximum Gasteiger partial charge on any atom is 0.310 e. The number of ether oxygens (including phenoxy) is 1. The number of carbonyl (C=O) groups excluding carboxylic acids is 1. The zero-order chi connectivity index (χ0) is 16.1. The Balaban J connectivity index is 1.68. The molecule has 0 radical (unpaired) electrons. The van der Waals surface area contributed by atoms with Crippen LogP contribution in [0.25, 0.3) is 0 Å². The van der Waals surface area contributed by atoms with Crippen molar-refractivity contribution in [2.75, 3.05) is 0 Å². The number of hydrogen-bond acceptors (Lipinski definition) is 2. The van der Waals surface area contributed by atoms with Crippen molar-refractivity contribution < 1.29 is 18.3 Å². The van der Waals surface area contributed by atoms with Gasteiger partial charge in [0.1, 0.15) is 17.7 Å². The topological polar surface area (TPSA) is 26.3 Å². The van der Waals surface area contributed by atoms with Crippen LogP contribution in [0.5, 0.6) is 0 Å². The first-order valence-corrected chi connectivity index (χ1v) is 7.87. The molecule has 0 aliphatic heterocycles. The van der Waals surface area contributed by atoms with E-state index in [9.17, 15) is 13.6 Å². The van der Waals surface area contributed by atoms with Gasteiger partial charge in [0.25, 0.3) is 0 Å². The number of rotatable bonds is 3. The Morgan fingerprint density at radius 2 is 2.05 bits per heavy atom. The monoisotopic (exact) mass is 308 g/mol. The van der Waals surface area contributed by atoms with E-state index in [0.717, 1.165) is 25.0 Å². The maximum atomic E-state index is 13.6. The predicted molar refractivity (Wildman–Crippen MR) is 79.2 cm³/mol. The van der Waals surface area contributed by atoms with Gasteiger partial charge in [-0.15, -0.1) is 0 Å². The highest BCUT2D eigenvalue weighted by Gasteiger charge is 2.62. The summed E-state index contributed by atoms with van der Waals surface area (Å²) in [5.74, 6) is -1.19. The summed E-state index contributed by atoms with van der Waals surface area (Å²) in [5.41, 5.74) is 0.340. The summed E-state index contributed by atoms with van der Waals surface area (Å²) in [4.78, 5) is 12.2. The van der Waals surface area contributed by atoms with Crippen molar-refractivity contribution in [1.82, 2.24) is 0 Å².